The van der Waals surface area contributed by atoms with Crippen LogP contribution >= 0.6 is 0 Å². The molecule has 1 N–H and O–H groups in total. The topological polar surface area (TPSA) is 64.6 Å². The van der Waals surface area contributed by atoms with Crippen LogP contribution in [0.1, 0.15) is 55.4 Å². The molecule has 0 fully saturated rings. The van der Waals surface area contributed by atoms with E-state index in [4.69, 9.17) is 9.47 Å². The lowest BCUT2D eigenvalue weighted by Crippen LogP contribution is -2.28. The normalized spacial score (nSPS) is 15.3. The summed E-state index contributed by atoms with van der Waals surface area (Å²) in [6.07, 6.45) is 1.70. The van der Waals surface area contributed by atoms with Crippen molar-refractivity contribution in [1.82, 2.24) is 5.32 Å². The van der Waals surface area contributed by atoms with Crippen LogP contribution in [0.15, 0.2) is 30.3 Å². The van der Waals surface area contributed by atoms with Crippen LogP contribution in [-0.4, -0.2) is 26.1 Å². The van der Waals surface area contributed by atoms with Crippen LogP contribution < -0.4 is 10.1 Å². The van der Waals surface area contributed by atoms with E-state index in [0.29, 0.717) is 11.1 Å². The number of methoxy groups -OCH3 is 2. The van der Waals surface area contributed by atoms with Crippen LogP contribution in [0.4, 0.5) is 0 Å². The number of carbonyl (C=O) groups excluding carboxylic acids is 2. The molecular weight excluding hydrogens is 330 g/mol. The third-order valence-electron chi connectivity index (χ3n) is 4.92. The summed E-state index contributed by atoms with van der Waals surface area (Å²) < 4.78 is 10.1. The van der Waals surface area contributed by atoms with Crippen molar-refractivity contribution in [3.63, 3.8) is 0 Å². The van der Waals surface area contributed by atoms with Gasteiger partial charge < -0.3 is 14.8 Å². The molecule has 1 amide bonds. The Kier molecular flexibility index (Phi) is 4.98. The molecule has 0 aromatic heterocycles. The van der Waals surface area contributed by atoms with Crippen molar-refractivity contribution in [1.29, 1.82) is 0 Å². The van der Waals surface area contributed by atoms with Crippen molar-refractivity contribution in [3.05, 3.63) is 63.7 Å². The highest BCUT2D eigenvalue weighted by atomic mass is 16.5. The Bertz CT molecular complexity index is 849. The van der Waals surface area contributed by atoms with E-state index in [2.05, 4.69) is 5.32 Å². The first-order valence-electron chi connectivity index (χ1n) is 8.61. The number of esters is 1. The largest absolute Gasteiger partial charge is 0.497 e. The summed E-state index contributed by atoms with van der Waals surface area (Å²) in [5, 5.41) is 3.12. The molecule has 1 aliphatic carbocycles. The summed E-state index contributed by atoms with van der Waals surface area (Å²) >= 11 is 0. The average molecular weight is 353 g/mol. The second-order valence-corrected chi connectivity index (χ2v) is 6.61. The van der Waals surface area contributed by atoms with E-state index in [0.717, 1.165) is 40.8 Å². The van der Waals surface area contributed by atoms with Gasteiger partial charge in [-0.1, -0.05) is 6.07 Å². The Morgan fingerprint density at radius 3 is 2.38 bits per heavy atom. The molecule has 0 heterocycles. The summed E-state index contributed by atoms with van der Waals surface area (Å²) in [4.78, 5) is 24.7. The number of rotatable bonds is 4. The third kappa shape index (κ3) is 3.29. The maximum Gasteiger partial charge on any atom is 0.337 e. The van der Waals surface area contributed by atoms with Gasteiger partial charge in [0.25, 0.3) is 5.91 Å². The molecule has 5 heteroatoms. The number of aryl methyl sites for hydroxylation is 3. The molecule has 3 rings (SSSR count). The average Bonchev–Trinajstić information content (AvgIpc) is 3.02. The summed E-state index contributed by atoms with van der Waals surface area (Å²) in [6.45, 7) is 3.81. The van der Waals surface area contributed by atoms with E-state index in [9.17, 15) is 9.59 Å². The predicted molar refractivity (Wildman–Crippen MR) is 98.8 cm³/mol. The minimum absolute atomic E-state index is 0.107. The molecule has 0 radical (unpaired) electrons. The zero-order chi connectivity index (χ0) is 18.8. The molecular formula is C21H23NO4. The molecule has 2 aromatic carbocycles. The van der Waals surface area contributed by atoms with Crippen molar-refractivity contribution in [2.45, 2.75) is 32.7 Å². The maximum absolute atomic E-state index is 12.9. The van der Waals surface area contributed by atoms with Gasteiger partial charge in [-0.25, -0.2) is 4.79 Å². The first-order chi connectivity index (χ1) is 12.4. The summed E-state index contributed by atoms with van der Waals surface area (Å²) in [5.41, 5.74) is 5.07. The number of benzene rings is 2. The zero-order valence-electron chi connectivity index (χ0n) is 15.5. The molecule has 1 atom stereocenters. The van der Waals surface area contributed by atoms with Crippen LogP contribution in [0.2, 0.25) is 0 Å². The number of amides is 1. The van der Waals surface area contributed by atoms with Gasteiger partial charge in [0.2, 0.25) is 0 Å². The minimum Gasteiger partial charge on any atom is -0.497 e. The van der Waals surface area contributed by atoms with Crippen molar-refractivity contribution in [3.8, 4) is 5.75 Å². The predicted octanol–water partition coefficient (Wildman–Crippen LogP) is 3.52. The highest BCUT2D eigenvalue weighted by molar-refractivity contribution is 5.97. The quantitative estimate of drug-likeness (QED) is 0.854. The number of fused-ring (bicyclic) bond motifs is 1. The number of ether oxygens (including phenoxy) is 2. The highest BCUT2D eigenvalue weighted by Gasteiger charge is 2.26. The molecule has 0 saturated carbocycles. The molecule has 26 heavy (non-hydrogen) atoms. The fourth-order valence-corrected chi connectivity index (χ4v) is 3.63. The van der Waals surface area contributed by atoms with E-state index in [1.165, 1.54) is 7.11 Å². The lowest BCUT2D eigenvalue weighted by Gasteiger charge is -2.17. The Labute approximate surface area is 153 Å². The van der Waals surface area contributed by atoms with Crippen molar-refractivity contribution in [2.75, 3.05) is 14.2 Å². The Morgan fingerprint density at radius 2 is 1.77 bits per heavy atom. The first-order valence-corrected chi connectivity index (χ1v) is 8.61. The van der Waals surface area contributed by atoms with Crippen LogP contribution in [0.3, 0.4) is 0 Å². The summed E-state index contributed by atoms with van der Waals surface area (Å²) in [7, 11) is 2.98. The van der Waals surface area contributed by atoms with Gasteiger partial charge in [0, 0.05) is 5.56 Å². The highest BCUT2D eigenvalue weighted by Crippen LogP contribution is 2.33. The molecule has 0 aliphatic heterocycles. The fraction of sp³-hybridized carbons (Fsp3) is 0.333. The summed E-state index contributed by atoms with van der Waals surface area (Å²) in [5.74, 6) is 0.265. The van der Waals surface area contributed by atoms with E-state index in [1.807, 2.05) is 38.1 Å². The van der Waals surface area contributed by atoms with Crippen LogP contribution in [0.5, 0.6) is 5.75 Å². The molecule has 136 valence electrons. The van der Waals surface area contributed by atoms with E-state index < -0.39 is 0 Å². The Morgan fingerprint density at radius 1 is 1.08 bits per heavy atom. The van der Waals surface area contributed by atoms with E-state index in [-0.39, 0.29) is 17.9 Å². The smallest absolute Gasteiger partial charge is 0.337 e. The van der Waals surface area contributed by atoms with Crippen LogP contribution in [0, 0.1) is 13.8 Å². The number of nitrogens with one attached hydrogen (secondary N) is 1. The van der Waals surface area contributed by atoms with Crippen LogP contribution in [0.25, 0.3) is 0 Å². The van der Waals surface area contributed by atoms with Gasteiger partial charge in [0.1, 0.15) is 5.75 Å². The van der Waals surface area contributed by atoms with Gasteiger partial charge in [-0.05, 0) is 73.2 Å². The van der Waals surface area contributed by atoms with Gasteiger partial charge in [-0.3, -0.25) is 4.79 Å². The molecule has 0 bridgehead atoms. The van der Waals surface area contributed by atoms with Crippen LogP contribution in [-0.2, 0) is 11.2 Å². The van der Waals surface area contributed by atoms with E-state index >= 15 is 0 Å². The lowest BCUT2D eigenvalue weighted by molar-refractivity contribution is 0.0600. The third-order valence-corrected chi connectivity index (χ3v) is 4.92. The molecule has 2 aromatic rings. The SMILES string of the molecule is COC(=O)c1ccc2c(c1)C(NC(=O)c1c(C)cc(OC)cc1C)CC2. The second kappa shape index (κ2) is 7.20. The van der Waals surface area contributed by atoms with Gasteiger partial charge in [-0.15, -0.1) is 0 Å². The van der Waals surface area contributed by atoms with Gasteiger partial charge >= 0.3 is 5.97 Å². The molecule has 1 aliphatic rings. The number of carbonyl (C=O) groups is 2. The number of hydrogen-bond acceptors (Lipinski definition) is 4. The standard InChI is InChI=1S/C21H23NO4/c1-12-9-16(25-3)10-13(2)19(12)20(23)22-18-8-7-14-5-6-15(11-17(14)18)21(24)26-4/h5-6,9-11,18H,7-8H2,1-4H3,(H,22,23). The van der Waals surface area contributed by atoms with Crippen molar-refractivity contribution >= 4 is 11.9 Å². The van der Waals surface area contributed by atoms with Crippen molar-refractivity contribution < 1.29 is 19.1 Å². The summed E-state index contributed by atoms with van der Waals surface area (Å²) in [6, 6.07) is 9.15. The Balaban J connectivity index is 1.86. The molecule has 1 unspecified atom stereocenters. The molecule has 0 spiro atoms. The van der Waals surface area contributed by atoms with Gasteiger partial charge in [0.05, 0.1) is 25.8 Å². The van der Waals surface area contributed by atoms with Gasteiger partial charge in [0.15, 0.2) is 0 Å². The lowest BCUT2D eigenvalue weighted by atomic mass is 10.00. The van der Waals surface area contributed by atoms with Crippen molar-refractivity contribution in [2.24, 2.45) is 0 Å². The number of hydrogen-bond donors (Lipinski definition) is 1. The second-order valence-electron chi connectivity index (χ2n) is 6.61. The molecule has 5 nitrogen and oxygen atoms in total. The molecule has 0 saturated heterocycles. The maximum atomic E-state index is 12.9. The van der Waals surface area contributed by atoms with Gasteiger partial charge in [-0.2, -0.15) is 0 Å². The van der Waals surface area contributed by atoms with E-state index in [1.54, 1.807) is 13.2 Å². The fourth-order valence-electron chi connectivity index (χ4n) is 3.63. The minimum atomic E-state index is -0.369. The first kappa shape index (κ1) is 18.0. The zero-order valence-corrected chi connectivity index (χ0v) is 15.5. The Hall–Kier alpha value is -2.82. The monoisotopic (exact) mass is 353 g/mol.